The van der Waals surface area contributed by atoms with Gasteiger partial charge in [0.2, 0.25) is 0 Å². The highest BCUT2D eigenvalue weighted by Crippen LogP contribution is 1.95. The van der Waals surface area contributed by atoms with Crippen molar-refractivity contribution in [3.8, 4) is 0 Å². The van der Waals surface area contributed by atoms with Gasteiger partial charge >= 0.3 is 5.97 Å². The molecule has 4 N–H and O–H groups in total. The molecule has 10 heavy (non-hydrogen) atoms. The number of nitrogens with two attached hydrogens (primary N) is 1. The number of hydrogen-bond donors (Lipinski definition) is 3. The van der Waals surface area contributed by atoms with Gasteiger partial charge in [0.1, 0.15) is 5.70 Å². The molecule has 4 nitrogen and oxygen atoms in total. The van der Waals surface area contributed by atoms with Gasteiger partial charge < -0.3 is 15.9 Å². The first-order valence-corrected chi connectivity index (χ1v) is 2.59. The van der Waals surface area contributed by atoms with E-state index in [1.807, 2.05) is 0 Å². The molecular formula is C6H9NO3. The van der Waals surface area contributed by atoms with Crippen LogP contribution in [0, 0.1) is 0 Å². The van der Waals surface area contributed by atoms with Crippen LogP contribution in [-0.4, -0.2) is 16.2 Å². The van der Waals surface area contributed by atoms with Crippen LogP contribution in [0.4, 0.5) is 0 Å². The average Bonchev–Trinajstić information content (AvgIpc) is 1.87. The normalized spacial score (nSPS) is 13.3. The van der Waals surface area contributed by atoms with Crippen molar-refractivity contribution in [3.05, 3.63) is 23.6 Å². The van der Waals surface area contributed by atoms with Gasteiger partial charge in [-0.1, -0.05) is 0 Å². The third-order valence-electron chi connectivity index (χ3n) is 0.834. The molecule has 0 aliphatic rings. The fourth-order valence-corrected chi connectivity index (χ4v) is 0.344. The lowest BCUT2D eigenvalue weighted by molar-refractivity contribution is -0.132. The van der Waals surface area contributed by atoms with Crippen LogP contribution >= 0.6 is 0 Å². The summed E-state index contributed by atoms with van der Waals surface area (Å²) < 4.78 is 0. The van der Waals surface area contributed by atoms with E-state index in [1.165, 1.54) is 13.0 Å². The van der Waals surface area contributed by atoms with Gasteiger partial charge in [0.05, 0.1) is 6.26 Å². The molecule has 56 valence electrons. The van der Waals surface area contributed by atoms with Gasteiger partial charge in [-0.05, 0) is 18.6 Å². The fourth-order valence-electron chi connectivity index (χ4n) is 0.344. The topological polar surface area (TPSA) is 83.6 Å². The third-order valence-corrected chi connectivity index (χ3v) is 0.834. The first-order valence-electron chi connectivity index (χ1n) is 2.59. The molecule has 0 aliphatic carbocycles. The van der Waals surface area contributed by atoms with E-state index in [2.05, 4.69) is 0 Å². The Morgan fingerprint density at radius 1 is 1.60 bits per heavy atom. The van der Waals surface area contributed by atoms with Crippen LogP contribution in [-0.2, 0) is 4.79 Å². The Morgan fingerprint density at radius 2 is 2.10 bits per heavy atom. The molecule has 0 saturated heterocycles. The van der Waals surface area contributed by atoms with E-state index < -0.39 is 5.97 Å². The smallest absolute Gasteiger partial charge is 0.351 e. The van der Waals surface area contributed by atoms with Gasteiger partial charge in [0, 0.05) is 0 Å². The van der Waals surface area contributed by atoms with Crippen molar-refractivity contribution in [2.75, 3.05) is 0 Å². The summed E-state index contributed by atoms with van der Waals surface area (Å²) in [5.41, 5.74) is 5.12. The lowest BCUT2D eigenvalue weighted by Gasteiger charge is -1.91. The van der Waals surface area contributed by atoms with Gasteiger partial charge in [-0.3, -0.25) is 0 Å². The minimum atomic E-state index is -1.19. The van der Waals surface area contributed by atoms with Gasteiger partial charge in [0.15, 0.2) is 0 Å². The number of aliphatic hydroxyl groups is 1. The zero-order valence-corrected chi connectivity index (χ0v) is 5.53. The van der Waals surface area contributed by atoms with E-state index in [4.69, 9.17) is 15.9 Å². The summed E-state index contributed by atoms with van der Waals surface area (Å²) in [6.07, 6.45) is 1.96. The highest BCUT2D eigenvalue weighted by molar-refractivity contribution is 5.85. The molecule has 0 saturated carbocycles. The Morgan fingerprint density at radius 3 is 2.40 bits per heavy atom. The number of hydrogen-bond acceptors (Lipinski definition) is 3. The monoisotopic (exact) mass is 143 g/mol. The Hall–Kier alpha value is -1.45. The molecule has 0 bridgehead atoms. The number of aliphatic hydroxyl groups excluding tert-OH is 1. The van der Waals surface area contributed by atoms with Crippen molar-refractivity contribution in [3.63, 3.8) is 0 Å². The van der Waals surface area contributed by atoms with Crippen LogP contribution in [0.25, 0.3) is 0 Å². The second-order valence-corrected chi connectivity index (χ2v) is 1.78. The van der Waals surface area contributed by atoms with Crippen molar-refractivity contribution >= 4 is 5.97 Å². The van der Waals surface area contributed by atoms with E-state index in [0.29, 0.717) is 5.57 Å². The van der Waals surface area contributed by atoms with Gasteiger partial charge in [0.25, 0.3) is 0 Å². The highest BCUT2D eigenvalue weighted by Gasteiger charge is 1.98. The lowest BCUT2D eigenvalue weighted by Crippen LogP contribution is -2.09. The molecule has 4 heteroatoms. The quantitative estimate of drug-likeness (QED) is 0.296. The van der Waals surface area contributed by atoms with Gasteiger partial charge in [-0.2, -0.15) is 0 Å². The van der Waals surface area contributed by atoms with Crippen LogP contribution in [0.1, 0.15) is 6.92 Å². The molecule has 0 heterocycles. The molecule has 0 fully saturated rings. The van der Waals surface area contributed by atoms with E-state index in [9.17, 15) is 4.79 Å². The molecule has 0 atom stereocenters. The molecule has 0 radical (unpaired) electrons. The van der Waals surface area contributed by atoms with Crippen LogP contribution in [0.15, 0.2) is 23.6 Å². The Bertz CT molecular complexity index is 193. The average molecular weight is 143 g/mol. The zero-order valence-electron chi connectivity index (χ0n) is 5.53. The first kappa shape index (κ1) is 8.55. The standard InChI is InChI=1S/C6H9NO3/c1-4(3-8)2-5(7)6(9)10/h2-3,8H,7H2,1H3,(H,9,10)/b4-3+,5-2-. The van der Waals surface area contributed by atoms with Gasteiger partial charge in [-0.25, -0.2) is 4.79 Å². The van der Waals surface area contributed by atoms with E-state index >= 15 is 0 Å². The second-order valence-electron chi connectivity index (χ2n) is 1.78. The number of carboxylic acids is 1. The molecular weight excluding hydrogens is 134 g/mol. The van der Waals surface area contributed by atoms with Crippen molar-refractivity contribution in [2.24, 2.45) is 5.73 Å². The van der Waals surface area contributed by atoms with Crippen molar-refractivity contribution < 1.29 is 15.0 Å². The summed E-state index contributed by atoms with van der Waals surface area (Å²) in [7, 11) is 0. The molecule has 0 rings (SSSR count). The maximum Gasteiger partial charge on any atom is 0.351 e. The maximum absolute atomic E-state index is 10.0. The fraction of sp³-hybridized carbons (Fsp3) is 0.167. The maximum atomic E-state index is 10.0. The molecule has 0 spiro atoms. The predicted molar refractivity (Wildman–Crippen MR) is 36.3 cm³/mol. The summed E-state index contributed by atoms with van der Waals surface area (Å²) >= 11 is 0. The summed E-state index contributed by atoms with van der Waals surface area (Å²) in [4.78, 5) is 10.0. The molecule has 0 unspecified atom stereocenters. The van der Waals surface area contributed by atoms with Crippen molar-refractivity contribution in [2.45, 2.75) is 6.92 Å². The summed E-state index contributed by atoms with van der Waals surface area (Å²) in [5.74, 6) is -1.19. The van der Waals surface area contributed by atoms with Crippen LogP contribution in [0.5, 0.6) is 0 Å². The number of allylic oxidation sites excluding steroid dienone is 2. The third kappa shape index (κ3) is 2.76. The largest absolute Gasteiger partial charge is 0.515 e. The molecule has 0 aromatic carbocycles. The molecule has 0 amide bonds. The number of rotatable bonds is 2. The summed E-state index contributed by atoms with van der Waals surface area (Å²) in [5, 5.41) is 16.5. The molecule has 0 aromatic rings. The van der Waals surface area contributed by atoms with E-state index in [0.717, 1.165) is 6.26 Å². The van der Waals surface area contributed by atoms with Crippen LogP contribution in [0.3, 0.4) is 0 Å². The van der Waals surface area contributed by atoms with E-state index in [-0.39, 0.29) is 5.70 Å². The van der Waals surface area contributed by atoms with Gasteiger partial charge in [-0.15, -0.1) is 0 Å². The highest BCUT2D eigenvalue weighted by atomic mass is 16.4. The number of carbonyl (C=O) groups is 1. The Labute approximate surface area is 58.3 Å². The van der Waals surface area contributed by atoms with Crippen LogP contribution < -0.4 is 5.73 Å². The first-order chi connectivity index (χ1) is 4.57. The summed E-state index contributed by atoms with van der Waals surface area (Å²) in [6.45, 7) is 1.54. The SMILES string of the molecule is CC(/C=C(\N)C(=O)O)=C\O. The summed E-state index contributed by atoms with van der Waals surface area (Å²) in [6, 6.07) is 0. The molecule has 0 aliphatic heterocycles. The minimum absolute atomic E-state index is 0.289. The second kappa shape index (κ2) is 3.55. The number of carboxylic acid groups (broad SMARTS) is 1. The zero-order chi connectivity index (χ0) is 8.15. The minimum Gasteiger partial charge on any atom is -0.515 e. The van der Waals surface area contributed by atoms with Crippen molar-refractivity contribution in [1.29, 1.82) is 0 Å². The van der Waals surface area contributed by atoms with Crippen molar-refractivity contribution in [1.82, 2.24) is 0 Å². The predicted octanol–water partition coefficient (Wildman–Crippen LogP) is 0.375. The lowest BCUT2D eigenvalue weighted by atomic mass is 10.3. The Balaban J connectivity index is 4.31. The Kier molecular flexibility index (Phi) is 3.04. The number of aliphatic carboxylic acids is 1. The van der Waals surface area contributed by atoms with Crippen LogP contribution in [0.2, 0.25) is 0 Å². The molecule has 0 aromatic heterocycles. The van der Waals surface area contributed by atoms with E-state index in [1.54, 1.807) is 0 Å².